The number of nitrogen functional groups attached to an aromatic ring is 1. The van der Waals surface area contributed by atoms with Crippen molar-refractivity contribution in [1.29, 1.82) is 5.41 Å². The van der Waals surface area contributed by atoms with Crippen LogP contribution in [0, 0.1) is 5.41 Å². The van der Waals surface area contributed by atoms with Crippen molar-refractivity contribution in [3.05, 3.63) is 23.8 Å². The van der Waals surface area contributed by atoms with Crippen molar-refractivity contribution in [2.45, 2.75) is 50.5 Å². The first-order chi connectivity index (χ1) is 9.69. The van der Waals surface area contributed by atoms with Gasteiger partial charge in [0.15, 0.2) is 0 Å². The minimum absolute atomic E-state index is 0.188. The molecular formula is C16H25N3S. The molecule has 3 nitrogen and oxygen atoms in total. The SMILES string of the molecule is CCSc1cccc(N(CC)C2CCCC2)c1C(=N)N. The monoisotopic (exact) mass is 291 g/mol. The van der Waals surface area contributed by atoms with Crippen molar-refractivity contribution in [3.63, 3.8) is 0 Å². The van der Waals surface area contributed by atoms with Crippen LogP contribution in [0.2, 0.25) is 0 Å². The average molecular weight is 291 g/mol. The molecule has 0 heterocycles. The first-order valence-electron chi connectivity index (χ1n) is 7.55. The lowest BCUT2D eigenvalue weighted by atomic mass is 10.1. The smallest absolute Gasteiger partial charge is 0.126 e. The second-order valence-electron chi connectivity index (χ2n) is 5.22. The van der Waals surface area contributed by atoms with E-state index in [9.17, 15) is 0 Å². The largest absolute Gasteiger partial charge is 0.384 e. The molecule has 1 aromatic rings. The highest BCUT2D eigenvalue weighted by molar-refractivity contribution is 7.99. The predicted octanol–water partition coefficient (Wildman–Crippen LogP) is 3.85. The van der Waals surface area contributed by atoms with E-state index in [1.807, 2.05) is 0 Å². The van der Waals surface area contributed by atoms with Gasteiger partial charge in [0.1, 0.15) is 5.84 Å². The molecule has 0 bridgehead atoms. The molecule has 1 aliphatic rings. The van der Waals surface area contributed by atoms with E-state index in [1.54, 1.807) is 11.8 Å². The summed E-state index contributed by atoms with van der Waals surface area (Å²) in [5.74, 6) is 1.19. The number of benzene rings is 1. The van der Waals surface area contributed by atoms with Gasteiger partial charge in [-0.05, 0) is 37.7 Å². The number of amidine groups is 1. The van der Waals surface area contributed by atoms with E-state index in [4.69, 9.17) is 11.1 Å². The van der Waals surface area contributed by atoms with Crippen LogP contribution in [0.3, 0.4) is 0 Å². The maximum absolute atomic E-state index is 7.97. The van der Waals surface area contributed by atoms with E-state index >= 15 is 0 Å². The van der Waals surface area contributed by atoms with Crippen LogP contribution in [0.1, 0.15) is 45.1 Å². The molecule has 0 spiro atoms. The Kier molecular flexibility index (Phi) is 5.35. The van der Waals surface area contributed by atoms with E-state index < -0.39 is 0 Å². The number of thioether (sulfide) groups is 1. The summed E-state index contributed by atoms with van der Waals surface area (Å²) < 4.78 is 0. The van der Waals surface area contributed by atoms with Crippen LogP contribution in [0.15, 0.2) is 23.1 Å². The molecule has 0 radical (unpaired) electrons. The summed E-state index contributed by atoms with van der Waals surface area (Å²) in [7, 11) is 0. The molecule has 0 atom stereocenters. The average Bonchev–Trinajstić information content (AvgIpc) is 2.94. The molecule has 1 fully saturated rings. The summed E-state index contributed by atoms with van der Waals surface area (Å²) in [5.41, 5.74) is 7.95. The molecule has 0 saturated heterocycles. The molecule has 1 aromatic carbocycles. The lowest BCUT2D eigenvalue weighted by Crippen LogP contribution is -2.35. The molecule has 1 saturated carbocycles. The highest BCUT2D eigenvalue weighted by Gasteiger charge is 2.25. The molecule has 0 aromatic heterocycles. The van der Waals surface area contributed by atoms with Crippen LogP contribution in [0.4, 0.5) is 5.69 Å². The van der Waals surface area contributed by atoms with Gasteiger partial charge in [-0.1, -0.05) is 25.8 Å². The molecule has 3 N–H and O–H groups in total. The van der Waals surface area contributed by atoms with Gasteiger partial charge < -0.3 is 10.6 Å². The van der Waals surface area contributed by atoms with Crippen molar-refractivity contribution in [2.75, 3.05) is 17.2 Å². The van der Waals surface area contributed by atoms with Crippen LogP contribution in [-0.2, 0) is 0 Å². The Morgan fingerprint density at radius 2 is 2.05 bits per heavy atom. The molecule has 2 rings (SSSR count). The third-order valence-corrected chi connectivity index (χ3v) is 4.93. The van der Waals surface area contributed by atoms with Crippen LogP contribution in [-0.4, -0.2) is 24.2 Å². The van der Waals surface area contributed by atoms with Crippen LogP contribution < -0.4 is 10.6 Å². The van der Waals surface area contributed by atoms with Crippen molar-refractivity contribution < 1.29 is 0 Å². The molecular weight excluding hydrogens is 266 g/mol. The molecule has 1 aliphatic carbocycles. The lowest BCUT2D eigenvalue weighted by molar-refractivity contribution is 0.619. The fraction of sp³-hybridized carbons (Fsp3) is 0.562. The van der Waals surface area contributed by atoms with E-state index in [2.05, 4.69) is 36.9 Å². The summed E-state index contributed by atoms with van der Waals surface area (Å²) in [6.07, 6.45) is 5.16. The normalized spacial score (nSPS) is 15.5. The van der Waals surface area contributed by atoms with Gasteiger partial charge in [-0.15, -0.1) is 11.8 Å². The standard InChI is InChI=1S/C16H25N3S/c1-3-19(12-8-5-6-9-12)13-10-7-11-14(20-4-2)15(13)16(17)18/h7,10-12H,3-6,8-9H2,1-2H3,(H3,17,18). The number of rotatable bonds is 6. The van der Waals surface area contributed by atoms with Gasteiger partial charge in [-0.2, -0.15) is 0 Å². The highest BCUT2D eigenvalue weighted by atomic mass is 32.2. The van der Waals surface area contributed by atoms with Crippen molar-refractivity contribution in [2.24, 2.45) is 5.73 Å². The summed E-state index contributed by atoms with van der Waals surface area (Å²) in [5, 5.41) is 7.97. The fourth-order valence-corrected chi connectivity index (χ4v) is 3.99. The van der Waals surface area contributed by atoms with Crippen LogP contribution in [0.25, 0.3) is 0 Å². The minimum Gasteiger partial charge on any atom is -0.384 e. The van der Waals surface area contributed by atoms with Crippen LogP contribution >= 0.6 is 11.8 Å². The maximum Gasteiger partial charge on any atom is 0.126 e. The zero-order chi connectivity index (χ0) is 14.5. The Bertz CT molecular complexity index is 467. The van der Waals surface area contributed by atoms with Gasteiger partial charge in [0.05, 0.1) is 5.56 Å². The fourth-order valence-electron chi connectivity index (χ4n) is 3.15. The zero-order valence-corrected chi connectivity index (χ0v) is 13.3. The van der Waals surface area contributed by atoms with Gasteiger partial charge >= 0.3 is 0 Å². The van der Waals surface area contributed by atoms with E-state index in [0.717, 1.165) is 28.4 Å². The number of nitrogens with one attached hydrogen (secondary N) is 1. The number of hydrogen-bond acceptors (Lipinski definition) is 3. The zero-order valence-electron chi connectivity index (χ0n) is 12.5. The second kappa shape index (κ2) is 7.02. The third kappa shape index (κ3) is 3.11. The number of hydrogen-bond donors (Lipinski definition) is 2. The molecule has 20 heavy (non-hydrogen) atoms. The van der Waals surface area contributed by atoms with Crippen LogP contribution in [0.5, 0.6) is 0 Å². The molecule has 110 valence electrons. The molecule has 0 amide bonds. The summed E-state index contributed by atoms with van der Waals surface area (Å²) in [6, 6.07) is 6.91. The summed E-state index contributed by atoms with van der Waals surface area (Å²) >= 11 is 1.77. The second-order valence-corrected chi connectivity index (χ2v) is 6.53. The van der Waals surface area contributed by atoms with Gasteiger partial charge in [0.25, 0.3) is 0 Å². The first-order valence-corrected chi connectivity index (χ1v) is 8.54. The van der Waals surface area contributed by atoms with Crippen molar-refractivity contribution in [1.82, 2.24) is 0 Å². The topological polar surface area (TPSA) is 53.1 Å². The van der Waals surface area contributed by atoms with Crippen molar-refractivity contribution >= 4 is 23.3 Å². The predicted molar refractivity (Wildman–Crippen MR) is 89.1 cm³/mol. The Morgan fingerprint density at radius 3 is 2.60 bits per heavy atom. The molecule has 4 heteroatoms. The Balaban J connectivity index is 2.42. The van der Waals surface area contributed by atoms with Crippen molar-refractivity contribution in [3.8, 4) is 0 Å². The highest BCUT2D eigenvalue weighted by Crippen LogP contribution is 2.34. The summed E-state index contributed by atoms with van der Waals surface area (Å²) in [6.45, 7) is 5.31. The molecule has 0 unspecified atom stereocenters. The minimum atomic E-state index is 0.188. The number of anilines is 1. The lowest BCUT2D eigenvalue weighted by Gasteiger charge is -2.32. The van der Waals surface area contributed by atoms with E-state index in [1.165, 1.54) is 25.7 Å². The molecule has 0 aliphatic heterocycles. The Hall–Kier alpha value is -1.16. The Labute approximate surface area is 126 Å². The maximum atomic E-state index is 7.97. The summed E-state index contributed by atoms with van der Waals surface area (Å²) in [4.78, 5) is 3.58. The van der Waals surface area contributed by atoms with Gasteiger partial charge in [0.2, 0.25) is 0 Å². The number of nitrogens with zero attached hydrogens (tertiary/aromatic N) is 1. The van der Waals surface area contributed by atoms with Gasteiger partial charge in [-0.25, -0.2) is 0 Å². The number of nitrogens with two attached hydrogens (primary N) is 1. The Morgan fingerprint density at radius 1 is 1.35 bits per heavy atom. The quantitative estimate of drug-likeness (QED) is 0.475. The van der Waals surface area contributed by atoms with E-state index in [-0.39, 0.29) is 5.84 Å². The van der Waals surface area contributed by atoms with Gasteiger partial charge in [0, 0.05) is 23.2 Å². The van der Waals surface area contributed by atoms with E-state index in [0.29, 0.717) is 6.04 Å². The van der Waals surface area contributed by atoms with Gasteiger partial charge in [-0.3, -0.25) is 5.41 Å². The third-order valence-electron chi connectivity index (χ3n) is 3.99. The first kappa shape index (κ1) is 15.2.